The summed E-state index contributed by atoms with van der Waals surface area (Å²) in [6.07, 6.45) is 1.78. The van der Waals surface area contributed by atoms with Crippen LogP contribution >= 0.6 is 50.9 Å². The van der Waals surface area contributed by atoms with Gasteiger partial charge in [0.1, 0.15) is 12.4 Å². The molecule has 184 valence electrons. The van der Waals surface area contributed by atoms with Gasteiger partial charge in [-0.2, -0.15) is 0 Å². The van der Waals surface area contributed by atoms with Gasteiger partial charge >= 0.3 is 5.97 Å². The molecule has 1 heterocycles. The molecule has 0 radical (unpaired) electrons. The van der Waals surface area contributed by atoms with Crippen LogP contribution in [0.4, 0.5) is 5.69 Å². The molecule has 1 amide bonds. The van der Waals surface area contributed by atoms with E-state index in [1.165, 1.54) is 23.8 Å². The summed E-state index contributed by atoms with van der Waals surface area (Å²) in [5.74, 6) is 0.00474. The van der Waals surface area contributed by atoms with Crippen LogP contribution in [-0.2, 0) is 16.1 Å². The number of methoxy groups -OCH3 is 1. The van der Waals surface area contributed by atoms with Crippen LogP contribution in [0.25, 0.3) is 6.08 Å². The number of rotatable bonds is 6. The van der Waals surface area contributed by atoms with Gasteiger partial charge in [-0.25, -0.2) is 9.79 Å². The molecule has 36 heavy (non-hydrogen) atoms. The molecule has 0 atom stereocenters. The third kappa shape index (κ3) is 6.13. The minimum atomic E-state index is -0.423. The molecule has 10 heteroatoms. The van der Waals surface area contributed by atoms with Crippen molar-refractivity contribution in [3.05, 3.63) is 96.8 Å². The SMILES string of the molecule is COC(=O)c1ccc(N=C2S/C(=C\c3cc(Br)ccc3OCc3ccc(Cl)c(Cl)c3)C(=O)N2C)cc1. The fourth-order valence-corrected chi connectivity index (χ4v) is 4.92. The molecule has 0 aromatic heterocycles. The molecule has 0 N–H and O–H groups in total. The maximum Gasteiger partial charge on any atom is 0.337 e. The van der Waals surface area contributed by atoms with Crippen molar-refractivity contribution in [1.82, 2.24) is 4.90 Å². The fraction of sp³-hybridized carbons (Fsp3) is 0.115. The number of hydrogen-bond acceptors (Lipinski definition) is 6. The van der Waals surface area contributed by atoms with Crippen LogP contribution in [0.3, 0.4) is 0 Å². The molecule has 0 aliphatic carbocycles. The first-order valence-corrected chi connectivity index (χ1v) is 12.9. The van der Waals surface area contributed by atoms with Crippen molar-refractivity contribution in [3.8, 4) is 5.75 Å². The summed E-state index contributed by atoms with van der Waals surface area (Å²) in [6, 6.07) is 17.6. The Kier molecular flexibility index (Phi) is 8.41. The van der Waals surface area contributed by atoms with Crippen LogP contribution in [0.1, 0.15) is 21.5 Å². The Morgan fingerprint density at radius 1 is 1.08 bits per heavy atom. The van der Waals surface area contributed by atoms with E-state index in [4.69, 9.17) is 32.7 Å². The summed E-state index contributed by atoms with van der Waals surface area (Å²) in [6.45, 7) is 0.282. The van der Waals surface area contributed by atoms with Crippen LogP contribution in [0.5, 0.6) is 5.75 Å². The molecule has 4 rings (SSSR count). The number of nitrogens with zero attached hydrogens (tertiary/aromatic N) is 2. The minimum Gasteiger partial charge on any atom is -0.488 e. The molecule has 0 bridgehead atoms. The van der Waals surface area contributed by atoms with E-state index in [9.17, 15) is 9.59 Å². The van der Waals surface area contributed by atoms with E-state index in [0.29, 0.717) is 37.1 Å². The standard InChI is InChI=1S/C26H19BrCl2N2O4S/c1-31-24(32)23(36-26(31)30-19-7-4-16(5-8-19)25(33)34-2)13-17-12-18(27)6-10-22(17)35-14-15-3-9-20(28)21(29)11-15/h3-13H,14H2,1-2H3/b23-13-,30-26?. The van der Waals surface area contributed by atoms with E-state index in [-0.39, 0.29) is 12.5 Å². The third-order valence-electron chi connectivity index (χ3n) is 5.15. The first-order chi connectivity index (χ1) is 17.2. The smallest absolute Gasteiger partial charge is 0.337 e. The van der Waals surface area contributed by atoms with Gasteiger partial charge in [0.05, 0.1) is 33.3 Å². The normalized spacial score (nSPS) is 15.6. The van der Waals surface area contributed by atoms with Gasteiger partial charge in [-0.1, -0.05) is 45.2 Å². The average Bonchev–Trinajstić information content (AvgIpc) is 3.13. The number of ether oxygens (including phenoxy) is 2. The number of aliphatic imine (C=N–C) groups is 1. The summed E-state index contributed by atoms with van der Waals surface area (Å²) in [7, 11) is 3.00. The highest BCUT2D eigenvalue weighted by Crippen LogP contribution is 2.36. The number of carbonyl (C=O) groups excluding carboxylic acids is 2. The van der Waals surface area contributed by atoms with Crippen molar-refractivity contribution in [2.75, 3.05) is 14.2 Å². The van der Waals surface area contributed by atoms with Crippen molar-refractivity contribution < 1.29 is 19.1 Å². The number of amidine groups is 1. The number of benzene rings is 3. The first kappa shape index (κ1) is 26.3. The molecule has 1 aliphatic rings. The maximum atomic E-state index is 13.0. The van der Waals surface area contributed by atoms with E-state index < -0.39 is 5.97 Å². The van der Waals surface area contributed by atoms with E-state index >= 15 is 0 Å². The zero-order chi connectivity index (χ0) is 25.8. The number of likely N-dealkylation sites (N-methyl/N-ethyl adjacent to an activating group) is 1. The van der Waals surface area contributed by atoms with Gasteiger partial charge in [-0.15, -0.1) is 0 Å². The van der Waals surface area contributed by atoms with Gasteiger partial charge in [0.15, 0.2) is 5.17 Å². The molecular weight excluding hydrogens is 587 g/mol. The molecule has 6 nitrogen and oxygen atoms in total. The van der Waals surface area contributed by atoms with Gasteiger partial charge < -0.3 is 9.47 Å². The Morgan fingerprint density at radius 2 is 1.83 bits per heavy atom. The largest absolute Gasteiger partial charge is 0.488 e. The Bertz CT molecular complexity index is 1390. The Balaban J connectivity index is 1.56. The maximum absolute atomic E-state index is 13.0. The molecule has 3 aromatic rings. The zero-order valence-electron chi connectivity index (χ0n) is 19.1. The summed E-state index contributed by atoms with van der Waals surface area (Å²) in [4.78, 5) is 31.1. The Morgan fingerprint density at radius 3 is 2.53 bits per heavy atom. The molecule has 1 fully saturated rings. The quantitative estimate of drug-likeness (QED) is 0.217. The van der Waals surface area contributed by atoms with Gasteiger partial charge in [0, 0.05) is 17.1 Å². The lowest BCUT2D eigenvalue weighted by atomic mass is 10.1. The van der Waals surface area contributed by atoms with Crippen LogP contribution < -0.4 is 4.74 Å². The van der Waals surface area contributed by atoms with Crippen molar-refractivity contribution in [3.63, 3.8) is 0 Å². The average molecular weight is 606 g/mol. The number of hydrogen-bond donors (Lipinski definition) is 0. The predicted octanol–water partition coefficient (Wildman–Crippen LogP) is 7.36. The van der Waals surface area contributed by atoms with E-state index in [1.54, 1.807) is 49.5 Å². The summed E-state index contributed by atoms with van der Waals surface area (Å²) >= 11 is 16.9. The summed E-state index contributed by atoms with van der Waals surface area (Å²) < 4.78 is 11.6. The van der Waals surface area contributed by atoms with Crippen LogP contribution in [0.2, 0.25) is 10.0 Å². The van der Waals surface area contributed by atoms with Gasteiger partial charge in [0.25, 0.3) is 5.91 Å². The van der Waals surface area contributed by atoms with E-state index in [1.807, 2.05) is 24.3 Å². The Hall–Kier alpha value is -2.78. The van der Waals surface area contributed by atoms with Crippen molar-refractivity contribution >= 4 is 79.7 Å². The molecule has 0 unspecified atom stereocenters. The van der Waals surface area contributed by atoms with Crippen LogP contribution in [0, 0.1) is 0 Å². The fourth-order valence-electron chi connectivity index (χ4n) is 3.25. The molecule has 0 spiro atoms. The van der Waals surface area contributed by atoms with E-state index in [0.717, 1.165) is 15.6 Å². The zero-order valence-corrected chi connectivity index (χ0v) is 23.0. The number of thioether (sulfide) groups is 1. The van der Waals surface area contributed by atoms with Crippen LogP contribution in [0.15, 0.2) is 75.0 Å². The van der Waals surface area contributed by atoms with Gasteiger partial charge in [-0.05, 0) is 78.0 Å². The van der Waals surface area contributed by atoms with Gasteiger partial charge in [0.2, 0.25) is 0 Å². The second kappa shape index (κ2) is 11.5. The number of amides is 1. The highest BCUT2D eigenvalue weighted by Gasteiger charge is 2.30. The second-order valence-electron chi connectivity index (χ2n) is 7.63. The highest BCUT2D eigenvalue weighted by molar-refractivity contribution is 9.10. The third-order valence-corrected chi connectivity index (χ3v) is 7.45. The number of esters is 1. The van der Waals surface area contributed by atoms with Crippen molar-refractivity contribution in [1.29, 1.82) is 0 Å². The lowest BCUT2D eigenvalue weighted by Crippen LogP contribution is -2.23. The molecular formula is C26H19BrCl2N2O4S. The predicted molar refractivity (Wildman–Crippen MR) is 148 cm³/mol. The second-order valence-corrected chi connectivity index (χ2v) is 10.4. The number of carbonyl (C=O) groups is 2. The monoisotopic (exact) mass is 604 g/mol. The topological polar surface area (TPSA) is 68.2 Å². The lowest BCUT2D eigenvalue weighted by molar-refractivity contribution is -0.121. The van der Waals surface area contributed by atoms with Crippen molar-refractivity contribution in [2.24, 2.45) is 4.99 Å². The Labute approximate surface area is 231 Å². The lowest BCUT2D eigenvalue weighted by Gasteiger charge is -2.11. The van der Waals surface area contributed by atoms with Crippen molar-refractivity contribution in [2.45, 2.75) is 6.61 Å². The van der Waals surface area contributed by atoms with Crippen LogP contribution in [-0.4, -0.2) is 36.1 Å². The highest BCUT2D eigenvalue weighted by atomic mass is 79.9. The first-order valence-electron chi connectivity index (χ1n) is 10.6. The number of halogens is 3. The van der Waals surface area contributed by atoms with Gasteiger partial charge in [-0.3, -0.25) is 9.69 Å². The molecule has 1 aliphatic heterocycles. The minimum absolute atomic E-state index is 0.180. The summed E-state index contributed by atoms with van der Waals surface area (Å²) in [5, 5.41) is 1.45. The molecule has 3 aromatic carbocycles. The molecule has 1 saturated heterocycles. The summed E-state index contributed by atoms with van der Waals surface area (Å²) in [5.41, 5.74) is 2.63. The molecule has 0 saturated carbocycles. The van der Waals surface area contributed by atoms with E-state index in [2.05, 4.69) is 20.9 Å².